The molecule has 0 bridgehead atoms. The number of H-pyrrole nitrogens is 1. The molecule has 0 spiro atoms. The smallest absolute Gasteiger partial charge is 0.270 e. The second kappa shape index (κ2) is 7.00. The first-order chi connectivity index (χ1) is 12.2. The minimum Gasteiger partial charge on any atom is -0.376 e. The molecule has 1 N–H and O–H groups in total. The van der Waals surface area contributed by atoms with E-state index in [1.807, 2.05) is 25.4 Å². The van der Waals surface area contributed by atoms with E-state index in [0.29, 0.717) is 19.2 Å². The minimum absolute atomic E-state index is 0.0446. The van der Waals surface area contributed by atoms with Gasteiger partial charge in [-0.2, -0.15) is 5.10 Å². The molecule has 134 valence electrons. The highest BCUT2D eigenvalue weighted by molar-refractivity contribution is 5.92. The fraction of sp³-hybridized carbons (Fsp3) is 0.611. The maximum absolute atomic E-state index is 13.0. The number of aromatic amines is 1. The maximum atomic E-state index is 13.0. The zero-order chi connectivity index (χ0) is 17.2. The monoisotopic (exact) mass is 343 g/mol. The van der Waals surface area contributed by atoms with Gasteiger partial charge in [-0.1, -0.05) is 12.8 Å². The summed E-state index contributed by atoms with van der Waals surface area (Å²) in [5, 5.41) is 6.87. The molecule has 3 heterocycles. The molecule has 2 atom stereocenters. The third-order valence-electron chi connectivity index (χ3n) is 5.51. The van der Waals surface area contributed by atoms with Crippen molar-refractivity contribution in [2.75, 3.05) is 20.2 Å². The van der Waals surface area contributed by atoms with Gasteiger partial charge in [-0.15, -0.1) is 0 Å². The Bertz CT molecular complexity index is 705. The quantitative estimate of drug-likeness (QED) is 0.904. The van der Waals surface area contributed by atoms with Gasteiger partial charge in [0.1, 0.15) is 17.8 Å². The number of aromatic nitrogens is 4. The SMILES string of the molecule is CN(C[C@H]1OCC[C@H]1c1ncn[nH]1)C(=O)c1cccn1C1CCCC1. The molecule has 0 radical (unpaired) electrons. The number of hydrogen-bond donors (Lipinski definition) is 1. The molecule has 7 heteroatoms. The number of carbonyl (C=O) groups is 1. The van der Waals surface area contributed by atoms with Crippen LogP contribution in [0.5, 0.6) is 0 Å². The fourth-order valence-electron chi connectivity index (χ4n) is 4.16. The lowest BCUT2D eigenvalue weighted by molar-refractivity contribution is 0.0541. The number of ether oxygens (including phenoxy) is 1. The van der Waals surface area contributed by atoms with Crippen LogP contribution in [0.1, 0.15) is 60.4 Å². The summed E-state index contributed by atoms with van der Waals surface area (Å²) in [4.78, 5) is 19.0. The Hall–Kier alpha value is -2.15. The number of amides is 1. The largest absolute Gasteiger partial charge is 0.376 e. The lowest BCUT2D eigenvalue weighted by Gasteiger charge is -2.25. The maximum Gasteiger partial charge on any atom is 0.270 e. The van der Waals surface area contributed by atoms with Gasteiger partial charge in [0.25, 0.3) is 5.91 Å². The number of rotatable bonds is 5. The second-order valence-electron chi connectivity index (χ2n) is 7.10. The van der Waals surface area contributed by atoms with E-state index in [1.54, 1.807) is 4.90 Å². The topological polar surface area (TPSA) is 76.0 Å². The molecular weight excluding hydrogens is 318 g/mol. The predicted molar refractivity (Wildman–Crippen MR) is 92.4 cm³/mol. The molecule has 7 nitrogen and oxygen atoms in total. The predicted octanol–water partition coefficient (Wildman–Crippen LogP) is 2.37. The Labute approximate surface area is 147 Å². The van der Waals surface area contributed by atoms with Crippen molar-refractivity contribution >= 4 is 5.91 Å². The van der Waals surface area contributed by atoms with E-state index in [1.165, 1.54) is 19.2 Å². The summed E-state index contributed by atoms with van der Waals surface area (Å²) in [6.45, 7) is 1.25. The van der Waals surface area contributed by atoms with Crippen LogP contribution < -0.4 is 0 Å². The van der Waals surface area contributed by atoms with Crippen LogP contribution in [0.4, 0.5) is 0 Å². The van der Waals surface area contributed by atoms with Crippen LogP contribution in [0.15, 0.2) is 24.7 Å². The third kappa shape index (κ3) is 3.20. The summed E-state index contributed by atoms with van der Waals surface area (Å²) in [5.41, 5.74) is 0.781. The summed E-state index contributed by atoms with van der Waals surface area (Å²) in [6.07, 6.45) is 9.25. The molecule has 0 unspecified atom stereocenters. The van der Waals surface area contributed by atoms with E-state index in [-0.39, 0.29) is 17.9 Å². The Morgan fingerprint density at radius 2 is 2.24 bits per heavy atom. The van der Waals surface area contributed by atoms with Crippen LogP contribution in [-0.2, 0) is 4.74 Å². The summed E-state index contributed by atoms with van der Waals surface area (Å²) in [5.74, 6) is 1.07. The molecule has 1 saturated carbocycles. The zero-order valence-electron chi connectivity index (χ0n) is 14.6. The van der Waals surface area contributed by atoms with Crippen LogP contribution in [0.25, 0.3) is 0 Å². The highest BCUT2D eigenvalue weighted by Crippen LogP contribution is 2.32. The van der Waals surface area contributed by atoms with Gasteiger partial charge in [0.05, 0.1) is 6.10 Å². The van der Waals surface area contributed by atoms with Crippen molar-refractivity contribution in [3.8, 4) is 0 Å². The van der Waals surface area contributed by atoms with Crippen molar-refractivity contribution < 1.29 is 9.53 Å². The van der Waals surface area contributed by atoms with Crippen LogP contribution in [0, 0.1) is 0 Å². The van der Waals surface area contributed by atoms with Gasteiger partial charge >= 0.3 is 0 Å². The molecule has 2 aliphatic rings. The van der Waals surface area contributed by atoms with Crippen LogP contribution >= 0.6 is 0 Å². The molecule has 2 aromatic heterocycles. The van der Waals surface area contributed by atoms with E-state index >= 15 is 0 Å². The Kier molecular flexibility index (Phi) is 4.57. The molecule has 0 aromatic carbocycles. The van der Waals surface area contributed by atoms with E-state index in [9.17, 15) is 4.79 Å². The first kappa shape index (κ1) is 16.3. The number of nitrogens with zero attached hydrogens (tertiary/aromatic N) is 4. The number of carbonyl (C=O) groups excluding carboxylic acids is 1. The number of nitrogens with one attached hydrogen (secondary N) is 1. The van der Waals surface area contributed by atoms with Crippen LogP contribution in [0.3, 0.4) is 0 Å². The average molecular weight is 343 g/mol. The van der Waals surface area contributed by atoms with Crippen LogP contribution in [0.2, 0.25) is 0 Å². The molecule has 1 aliphatic carbocycles. The van der Waals surface area contributed by atoms with E-state index in [2.05, 4.69) is 19.7 Å². The summed E-state index contributed by atoms with van der Waals surface area (Å²) in [7, 11) is 1.85. The van der Waals surface area contributed by atoms with Crippen molar-refractivity contribution in [2.45, 2.75) is 50.2 Å². The summed E-state index contributed by atoms with van der Waals surface area (Å²) in [6, 6.07) is 4.37. The Morgan fingerprint density at radius 3 is 3.00 bits per heavy atom. The van der Waals surface area contributed by atoms with E-state index in [4.69, 9.17) is 4.74 Å². The molecule has 1 saturated heterocycles. The molecular formula is C18H25N5O2. The first-order valence-corrected chi connectivity index (χ1v) is 9.13. The van der Waals surface area contributed by atoms with Gasteiger partial charge in [-0.3, -0.25) is 9.89 Å². The van der Waals surface area contributed by atoms with E-state index < -0.39 is 0 Å². The van der Waals surface area contributed by atoms with Gasteiger partial charge in [0.15, 0.2) is 0 Å². The van der Waals surface area contributed by atoms with Crippen molar-refractivity contribution in [3.63, 3.8) is 0 Å². The fourth-order valence-corrected chi connectivity index (χ4v) is 4.16. The average Bonchev–Trinajstić information content (AvgIpc) is 3.40. The number of hydrogen-bond acceptors (Lipinski definition) is 4. The zero-order valence-corrected chi connectivity index (χ0v) is 14.6. The summed E-state index contributed by atoms with van der Waals surface area (Å²) < 4.78 is 8.03. The highest BCUT2D eigenvalue weighted by atomic mass is 16.5. The molecule has 4 rings (SSSR count). The van der Waals surface area contributed by atoms with Gasteiger partial charge in [0.2, 0.25) is 0 Å². The Balaban J connectivity index is 1.45. The van der Waals surface area contributed by atoms with Gasteiger partial charge in [-0.25, -0.2) is 4.98 Å². The van der Waals surface area contributed by atoms with Gasteiger partial charge < -0.3 is 14.2 Å². The number of likely N-dealkylation sites (N-methyl/N-ethyl adjacent to an activating group) is 1. The minimum atomic E-state index is -0.0446. The third-order valence-corrected chi connectivity index (χ3v) is 5.51. The highest BCUT2D eigenvalue weighted by Gasteiger charge is 2.34. The second-order valence-corrected chi connectivity index (χ2v) is 7.10. The summed E-state index contributed by atoms with van der Waals surface area (Å²) >= 11 is 0. The Morgan fingerprint density at radius 1 is 1.40 bits per heavy atom. The normalized spacial score (nSPS) is 24.0. The van der Waals surface area contributed by atoms with Crippen LogP contribution in [-0.4, -0.2) is 56.9 Å². The van der Waals surface area contributed by atoms with Gasteiger partial charge in [0, 0.05) is 38.4 Å². The molecule has 1 aliphatic heterocycles. The lowest BCUT2D eigenvalue weighted by Crippen LogP contribution is -2.37. The molecule has 2 fully saturated rings. The molecule has 2 aromatic rings. The van der Waals surface area contributed by atoms with Crippen molar-refractivity contribution in [2.24, 2.45) is 0 Å². The lowest BCUT2D eigenvalue weighted by atomic mass is 10.0. The van der Waals surface area contributed by atoms with E-state index in [0.717, 1.165) is 30.8 Å². The van der Waals surface area contributed by atoms with Gasteiger partial charge in [-0.05, 0) is 31.4 Å². The standard InChI is InChI=1S/C18H25N5O2/c1-22(11-16-14(8-10-25-16)17-19-12-20-21-17)18(24)15-7-4-9-23(15)13-5-2-3-6-13/h4,7,9,12-14,16H,2-3,5-6,8,10-11H2,1H3,(H,19,20,21)/t14-,16-/m1/s1. The van der Waals surface area contributed by atoms with Crippen molar-refractivity contribution in [1.29, 1.82) is 0 Å². The van der Waals surface area contributed by atoms with Crippen molar-refractivity contribution in [3.05, 3.63) is 36.2 Å². The van der Waals surface area contributed by atoms with Crippen molar-refractivity contribution in [1.82, 2.24) is 24.6 Å². The molecule has 1 amide bonds. The first-order valence-electron chi connectivity index (χ1n) is 9.13. The molecule has 25 heavy (non-hydrogen) atoms.